The minimum atomic E-state index is 0.104. The number of hydrogen-bond acceptors (Lipinski definition) is 4. The zero-order valence-electron chi connectivity index (χ0n) is 19.4. The van der Waals surface area contributed by atoms with Crippen LogP contribution in [0, 0.1) is 12.8 Å². The van der Waals surface area contributed by atoms with Crippen LogP contribution in [0.4, 0.5) is 5.69 Å². The molecule has 1 N–H and O–H groups in total. The van der Waals surface area contributed by atoms with Gasteiger partial charge in [-0.2, -0.15) is 5.10 Å². The zero-order chi connectivity index (χ0) is 22.9. The first kappa shape index (κ1) is 21.5. The highest BCUT2D eigenvalue weighted by atomic mass is 16.2. The lowest BCUT2D eigenvalue weighted by Crippen LogP contribution is -2.45. The number of anilines is 1. The molecule has 2 aromatic carbocycles. The summed E-state index contributed by atoms with van der Waals surface area (Å²) in [5, 5.41) is 7.74. The normalized spacial score (nSPS) is 18.8. The third-order valence-electron chi connectivity index (χ3n) is 6.61. The smallest absolute Gasteiger partial charge is 0.227 e. The van der Waals surface area contributed by atoms with Crippen molar-refractivity contribution in [2.75, 3.05) is 32.0 Å². The monoisotopic (exact) mass is 441 g/mol. The standard InChI is InChI=1S/C27H31N5O/c1-19-13-14-32(29-19)25-17-23(28-27(33)22-9-10-22)11-12-24(25)20(2)31-16-15-30(3)18-26(31)21-7-5-4-6-8-21/h4-8,11-14,17,22,26H,2,9-10,15-16,18H2,1,3H3,(H,28,33). The van der Waals surface area contributed by atoms with Crippen LogP contribution >= 0.6 is 0 Å². The maximum Gasteiger partial charge on any atom is 0.227 e. The fraction of sp³-hybridized carbons (Fsp3) is 0.333. The minimum absolute atomic E-state index is 0.104. The molecule has 1 aliphatic heterocycles. The van der Waals surface area contributed by atoms with Gasteiger partial charge in [-0.25, -0.2) is 4.68 Å². The van der Waals surface area contributed by atoms with Gasteiger partial charge >= 0.3 is 0 Å². The largest absolute Gasteiger partial charge is 0.362 e. The number of piperazine rings is 1. The Labute approximate surface area is 195 Å². The van der Waals surface area contributed by atoms with Gasteiger partial charge in [-0.05, 0) is 56.6 Å². The van der Waals surface area contributed by atoms with E-state index < -0.39 is 0 Å². The maximum absolute atomic E-state index is 12.4. The number of carbonyl (C=O) groups is 1. The highest BCUT2D eigenvalue weighted by molar-refractivity contribution is 5.94. The predicted molar refractivity (Wildman–Crippen MR) is 132 cm³/mol. The molecule has 1 aliphatic carbocycles. The predicted octanol–water partition coefficient (Wildman–Crippen LogP) is 4.49. The molecular formula is C27H31N5O. The Morgan fingerprint density at radius 2 is 1.88 bits per heavy atom. The van der Waals surface area contributed by atoms with Gasteiger partial charge in [-0.1, -0.05) is 36.9 Å². The minimum Gasteiger partial charge on any atom is -0.362 e. The number of nitrogens with zero attached hydrogens (tertiary/aromatic N) is 4. The van der Waals surface area contributed by atoms with Gasteiger partial charge in [0.2, 0.25) is 5.91 Å². The second-order valence-electron chi connectivity index (χ2n) is 9.23. The molecule has 0 radical (unpaired) electrons. The molecule has 3 aromatic rings. The average Bonchev–Trinajstić information content (AvgIpc) is 3.60. The second kappa shape index (κ2) is 8.87. The summed E-state index contributed by atoms with van der Waals surface area (Å²) in [4.78, 5) is 17.1. The van der Waals surface area contributed by atoms with Crippen LogP contribution in [0.2, 0.25) is 0 Å². The Bertz CT molecular complexity index is 1160. The van der Waals surface area contributed by atoms with Crippen LogP contribution in [-0.4, -0.2) is 52.2 Å². The molecule has 6 nitrogen and oxygen atoms in total. The molecule has 1 atom stereocenters. The van der Waals surface area contributed by atoms with Crippen molar-refractivity contribution in [1.82, 2.24) is 19.6 Å². The van der Waals surface area contributed by atoms with Crippen LogP contribution in [-0.2, 0) is 4.79 Å². The lowest BCUT2D eigenvalue weighted by atomic mass is 9.99. The number of amides is 1. The highest BCUT2D eigenvalue weighted by Crippen LogP contribution is 2.36. The molecule has 170 valence electrons. The number of benzene rings is 2. The first-order chi connectivity index (χ1) is 16.0. The van der Waals surface area contributed by atoms with E-state index in [0.717, 1.165) is 60.8 Å². The van der Waals surface area contributed by atoms with Gasteiger partial charge in [0.1, 0.15) is 0 Å². The van der Waals surface area contributed by atoms with Gasteiger partial charge < -0.3 is 15.1 Å². The number of aromatic nitrogens is 2. The summed E-state index contributed by atoms with van der Waals surface area (Å²) in [6.45, 7) is 9.35. The Kier molecular flexibility index (Phi) is 5.77. The molecule has 1 unspecified atom stereocenters. The van der Waals surface area contributed by atoms with Crippen LogP contribution < -0.4 is 5.32 Å². The lowest BCUT2D eigenvalue weighted by Gasteiger charge is -2.43. The molecule has 0 bridgehead atoms. The molecular weight excluding hydrogens is 410 g/mol. The van der Waals surface area contributed by atoms with Crippen molar-refractivity contribution in [3.05, 3.63) is 84.2 Å². The van der Waals surface area contributed by atoms with E-state index in [1.807, 2.05) is 36.0 Å². The van der Waals surface area contributed by atoms with Crippen molar-refractivity contribution in [3.8, 4) is 5.69 Å². The summed E-state index contributed by atoms with van der Waals surface area (Å²) in [5.74, 6) is 0.263. The number of carbonyl (C=O) groups excluding carboxylic acids is 1. The Morgan fingerprint density at radius 3 is 2.58 bits per heavy atom. The van der Waals surface area contributed by atoms with Crippen LogP contribution in [0.3, 0.4) is 0 Å². The maximum atomic E-state index is 12.4. The van der Waals surface area contributed by atoms with Gasteiger partial charge in [-0.3, -0.25) is 4.79 Å². The molecule has 6 heteroatoms. The summed E-state index contributed by atoms with van der Waals surface area (Å²) in [5.41, 5.74) is 5.95. The first-order valence-corrected chi connectivity index (χ1v) is 11.7. The van der Waals surface area contributed by atoms with E-state index >= 15 is 0 Å². The molecule has 1 aromatic heterocycles. The topological polar surface area (TPSA) is 53.4 Å². The molecule has 2 heterocycles. The van der Waals surface area contributed by atoms with Crippen molar-refractivity contribution in [2.24, 2.45) is 5.92 Å². The first-order valence-electron chi connectivity index (χ1n) is 11.7. The van der Waals surface area contributed by atoms with Crippen molar-refractivity contribution in [1.29, 1.82) is 0 Å². The SMILES string of the molecule is C=C(c1ccc(NC(=O)C2CC2)cc1-n1ccc(C)n1)N1CCN(C)CC1c1ccccc1. The molecule has 2 aliphatic rings. The Morgan fingerprint density at radius 1 is 1.09 bits per heavy atom. The fourth-order valence-electron chi connectivity index (χ4n) is 4.54. The van der Waals surface area contributed by atoms with E-state index in [-0.39, 0.29) is 17.9 Å². The van der Waals surface area contributed by atoms with Gasteiger partial charge in [0.25, 0.3) is 0 Å². The molecule has 1 amide bonds. The molecule has 1 saturated carbocycles. The molecule has 33 heavy (non-hydrogen) atoms. The van der Waals surface area contributed by atoms with Crippen molar-refractivity contribution in [3.63, 3.8) is 0 Å². The van der Waals surface area contributed by atoms with Crippen molar-refractivity contribution in [2.45, 2.75) is 25.8 Å². The number of rotatable bonds is 6. The van der Waals surface area contributed by atoms with E-state index in [9.17, 15) is 4.79 Å². The van der Waals surface area contributed by atoms with Crippen LogP contribution in [0.5, 0.6) is 0 Å². The number of aryl methyl sites for hydroxylation is 1. The molecule has 1 saturated heterocycles. The van der Waals surface area contributed by atoms with Gasteiger partial charge in [0.05, 0.1) is 17.4 Å². The summed E-state index contributed by atoms with van der Waals surface area (Å²) < 4.78 is 1.89. The van der Waals surface area contributed by atoms with E-state index in [1.54, 1.807) is 0 Å². The highest BCUT2D eigenvalue weighted by Gasteiger charge is 2.31. The van der Waals surface area contributed by atoms with E-state index in [0.29, 0.717) is 0 Å². The van der Waals surface area contributed by atoms with Crippen molar-refractivity contribution < 1.29 is 4.79 Å². The third kappa shape index (κ3) is 4.57. The van der Waals surface area contributed by atoms with Gasteiger partial charge in [0, 0.05) is 48.7 Å². The summed E-state index contributed by atoms with van der Waals surface area (Å²) >= 11 is 0. The Hall–Kier alpha value is -3.38. The fourth-order valence-corrected chi connectivity index (χ4v) is 4.54. The molecule has 0 spiro atoms. The van der Waals surface area contributed by atoms with E-state index in [1.165, 1.54) is 5.56 Å². The van der Waals surface area contributed by atoms with Crippen LogP contribution in [0.25, 0.3) is 11.4 Å². The summed E-state index contributed by atoms with van der Waals surface area (Å²) in [6, 6.07) is 18.9. The Balaban J connectivity index is 1.51. The molecule has 2 fully saturated rings. The van der Waals surface area contributed by atoms with Crippen LogP contribution in [0.1, 0.15) is 35.7 Å². The third-order valence-corrected chi connectivity index (χ3v) is 6.61. The number of likely N-dealkylation sites (N-methyl/N-ethyl adjacent to an activating group) is 1. The quantitative estimate of drug-likeness (QED) is 0.612. The van der Waals surface area contributed by atoms with E-state index in [2.05, 4.69) is 70.2 Å². The van der Waals surface area contributed by atoms with Crippen LogP contribution in [0.15, 0.2) is 67.4 Å². The summed E-state index contributed by atoms with van der Waals surface area (Å²) in [6.07, 6.45) is 3.93. The van der Waals surface area contributed by atoms with Gasteiger partial charge in [0.15, 0.2) is 0 Å². The van der Waals surface area contributed by atoms with E-state index in [4.69, 9.17) is 0 Å². The summed E-state index contributed by atoms with van der Waals surface area (Å²) in [7, 11) is 2.17. The molecule has 5 rings (SSSR count). The van der Waals surface area contributed by atoms with Crippen molar-refractivity contribution >= 4 is 17.3 Å². The average molecular weight is 442 g/mol. The number of hydrogen-bond donors (Lipinski definition) is 1. The lowest BCUT2D eigenvalue weighted by molar-refractivity contribution is -0.117. The number of nitrogens with one attached hydrogen (secondary N) is 1. The zero-order valence-corrected chi connectivity index (χ0v) is 19.4. The van der Waals surface area contributed by atoms with Gasteiger partial charge in [-0.15, -0.1) is 0 Å². The second-order valence-corrected chi connectivity index (χ2v) is 9.23.